The normalized spacial score (nSPS) is 12.3. The third kappa shape index (κ3) is 3.67. The number of allylic oxidation sites excluding steroid dienone is 1. The summed E-state index contributed by atoms with van der Waals surface area (Å²) < 4.78 is 8.69. The second-order valence-corrected chi connectivity index (χ2v) is 11.6. The van der Waals surface area contributed by atoms with Crippen molar-refractivity contribution in [1.82, 2.24) is 4.57 Å². The average molecular weight is 558 g/mol. The smallest absolute Gasteiger partial charge is 0.135 e. The van der Waals surface area contributed by atoms with Crippen LogP contribution in [0.3, 0.4) is 0 Å². The Morgan fingerprint density at radius 1 is 0.714 bits per heavy atom. The molecule has 0 N–H and O–H groups in total. The van der Waals surface area contributed by atoms with Crippen molar-refractivity contribution < 1.29 is 4.42 Å². The molecule has 0 saturated heterocycles. The van der Waals surface area contributed by atoms with Crippen molar-refractivity contribution in [2.45, 2.75) is 16.7 Å². The highest BCUT2D eigenvalue weighted by Crippen LogP contribution is 2.53. The van der Waals surface area contributed by atoms with Crippen LogP contribution in [-0.4, -0.2) is 4.57 Å². The van der Waals surface area contributed by atoms with Gasteiger partial charge in [-0.3, -0.25) is 0 Å². The molecule has 2 nitrogen and oxygen atoms in total. The standard InChI is InChI=1S/C39H27NOS/c1-3-13-28-32-24-26(22-23-34(32)41-33(28)4-2)40-38-27(25-14-6-5-7-15-25)18-12-19-31(38)37-29-16-8-10-20-35(29)42-36-21-11-9-17-30(36)39(37)40/h3-24H,2H2,1H3/b13-3-. The lowest BCUT2D eigenvalue weighted by molar-refractivity contribution is 0.603. The number of hydrogen-bond acceptors (Lipinski definition) is 2. The molecule has 8 rings (SSSR count). The van der Waals surface area contributed by atoms with Crippen molar-refractivity contribution in [1.29, 1.82) is 0 Å². The number of benzene rings is 5. The number of nitrogens with zero attached hydrogens (tertiary/aromatic N) is 1. The summed E-state index contributed by atoms with van der Waals surface area (Å²) in [5, 5.41) is 2.31. The predicted molar refractivity (Wildman–Crippen MR) is 178 cm³/mol. The molecule has 0 saturated carbocycles. The molecule has 0 spiro atoms. The number of rotatable bonds is 4. The van der Waals surface area contributed by atoms with Gasteiger partial charge in [-0.25, -0.2) is 0 Å². The van der Waals surface area contributed by atoms with E-state index in [1.807, 2.05) is 18.7 Å². The van der Waals surface area contributed by atoms with Gasteiger partial charge in [0.25, 0.3) is 0 Å². The minimum atomic E-state index is 0.789. The van der Waals surface area contributed by atoms with Gasteiger partial charge in [-0.05, 0) is 54.5 Å². The van der Waals surface area contributed by atoms with Crippen molar-refractivity contribution in [3.63, 3.8) is 0 Å². The Bertz CT molecular complexity index is 2200. The van der Waals surface area contributed by atoms with Crippen LogP contribution in [0.5, 0.6) is 0 Å². The van der Waals surface area contributed by atoms with Crippen LogP contribution in [0.1, 0.15) is 18.2 Å². The van der Waals surface area contributed by atoms with Gasteiger partial charge in [0.15, 0.2) is 0 Å². The summed E-state index contributed by atoms with van der Waals surface area (Å²) in [5.41, 5.74) is 11.6. The zero-order valence-electron chi connectivity index (χ0n) is 23.2. The lowest BCUT2D eigenvalue weighted by Crippen LogP contribution is -1.99. The molecule has 200 valence electrons. The zero-order chi connectivity index (χ0) is 28.2. The highest BCUT2D eigenvalue weighted by atomic mass is 32.2. The van der Waals surface area contributed by atoms with E-state index in [4.69, 9.17) is 4.42 Å². The molecular formula is C39H27NOS. The van der Waals surface area contributed by atoms with E-state index < -0.39 is 0 Å². The van der Waals surface area contributed by atoms with Crippen molar-refractivity contribution in [2.24, 2.45) is 0 Å². The van der Waals surface area contributed by atoms with Crippen LogP contribution >= 0.6 is 11.8 Å². The Kier molecular flexibility index (Phi) is 5.80. The number of fused-ring (bicyclic) bond motifs is 8. The fraction of sp³-hybridized carbons (Fsp3) is 0.0256. The maximum absolute atomic E-state index is 6.21. The van der Waals surface area contributed by atoms with Crippen molar-refractivity contribution in [3.05, 3.63) is 139 Å². The first-order valence-electron chi connectivity index (χ1n) is 14.2. The van der Waals surface area contributed by atoms with Gasteiger partial charge in [0, 0.05) is 48.5 Å². The van der Waals surface area contributed by atoms with Gasteiger partial charge in [-0.2, -0.15) is 0 Å². The van der Waals surface area contributed by atoms with Crippen LogP contribution in [0.15, 0.2) is 142 Å². The third-order valence-corrected chi connectivity index (χ3v) is 9.26. The largest absolute Gasteiger partial charge is 0.456 e. The van der Waals surface area contributed by atoms with Gasteiger partial charge in [0.1, 0.15) is 11.3 Å². The summed E-state index contributed by atoms with van der Waals surface area (Å²) in [6.07, 6.45) is 5.96. The van der Waals surface area contributed by atoms with Gasteiger partial charge in [-0.15, -0.1) is 0 Å². The number of furan rings is 1. The first kappa shape index (κ1) is 24.8. The Morgan fingerprint density at radius 3 is 2.21 bits per heavy atom. The van der Waals surface area contributed by atoms with E-state index in [1.165, 1.54) is 54.2 Å². The number of aromatic nitrogens is 1. The average Bonchev–Trinajstić information content (AvgIpc) is 3.52. The Morgan fingerprint density at radius 2 is 1.43 bits per heavy atom. The third-order valence-electron chi connectivity index (χ3n) is 8.11. The van der Waals surface area contributed by atoms with Crippen LogP contribution in [0, 0.1) is 0 Å². The molecule has 3 heteroatoms. The second kappa shape index (κ2) is 9.83. The summed E-state index contributed by atoms with van der Waals surface area (Å²) in [6, 6.07) is 41.6. The van der Waals surface area contributed by atoms with E-state index in [0.29, 0.717) is 0 Å². The lowest BCUT2D eigenvalue weighted by atomic mass is 9.96. The summed E-state index contributed by atoms with van der Waals surface area (Å²) >= 11 is 1.85. The second-order valence-electron chi connectivity index (χ2n) is 10.5. The summed E-state index contributed by atoms with van der Waals surface area (Å²) in [6.45, 7) is 6.04. The predicted octanol–water partition coefficient (Wildman–Crippen LogP) is 11.5. The molecule has 2 aromatic heterocycles. The molecule has 0 radical (unpaired) electrons. The number of para-hydroxylation sites is 1. The van der Waals surface area contributed by atoms with Crippen LogP contribution in [0.4, 0.5) is 0 Å². The van der Waals surface area contributed by atoms with Crippen molar-refractivity contribution in [3.8, 4) is 39.2 Å². The summed E-state index contributed by atoms with van der Waals surface area (Å²) in [4.78, 5) is 2.52. The minimum absolute atomic E-state index is 0.789. The highest BCUT2D eigenvalue weighted by Gasteiger charge is 2.29. The molecule has 1 aliphatic rings. The van der Waals surface area contributed by atoms with Crippen molar-refractivity contribution in [2.75, 3.05) is 0 Å². The van der Waals surface area contributed by atoms with Gasteiger partial charge in [0.05, 0.1) is 11.2 Å². The quantitative estimate of drug-likeness (QED) is 0.214. The van der Waals surface area contributed by atoms with Crippen LogP contribution in [0.2, 0.25) is 0 Å². The summed E-state index contributed by atoms with van der Waals surface area (Å²) in [5.74, 6) is 0.789. The van der Waals surface area contributed by atoms with E-state index in [-0.39, 0.29) is 0 Å². The van der Waals surface area contributed by atoms with E-state index in [0.717, 1.165) is 28.0 Å². The van der Waals surface area contributed by atoms with E-state index in [9.17, 15) is 0 Å². The van der Waals surface area contributed by atoms with Crippen LogP contribution < -0.4 is 0 Å². The Balaban J connectivity index is 1.58. The lowest BCUT2D eigenvalue weighted by Gasteiger charge is -2.16. The van der Waals surface area contributed by atoms with Gasteiger partial charge >= 0.3 is 0 Å². The van der Waals surface area contributed by atoms with Gasteiger partial charge < -0.3 is 8.98 Å². The van der Waals surface area contributed by atoms with E-state index in [2.05, 4.69) is 139 Å². The topological polar surface area (TPSA) is 18.1 Å². The first-order valence-corrected chi connectivity index (χ1v) is 15.0. The molecule has 1 aliphatic heterocycles. The molecule has 0 bridgehead atoms. The fourth-order valence-electron chi connectivity index (χ4n) is 6.36. The summed E-state index contributed by atoms with van der Waals surface area (Å²) in [7, 11) is 0. The highest BCUT2D eigenvalue weighted by molar-refractivity contribution is 7.99. The minimum Gasteiger partial charge on any atom is -0.456 e. The van der Waals surface area contributed by atoms with Crippen LogP contribution in [0.25, 0.3) is 73.2 Å². The maximum atomic E-state index is 6.21. The molecule has 0 amide bonds. The molecule has 42 heavy (non-hydrogen) atoms. The Labute approximate surface area is 249 Å². The molecule has 7 aromatic rings. The van der Waals surface area contributed by atoms with E-state index in [1.54, 1.807) is 6.08 Å². The molecule has 0 fully saturated rings. The molecular weight excluding hydrogens is 531 g/mol. The Hall–Kier alpha value is -4.99. The zero-order valence-corrected chi connectivity index (χ0v) is 24.0. The fourth-order valence-corrected chi connectivity index (χ4v) is 7.44. The first-order chi connectivity index (χ1) is 20.8. The van der Waals surface area contributed by atoms with Crippen LogP contribution in [-0.2, 0) is 0 Å². The molecule has 0 aliphatic carbocycles. The van der Waals surface area contributed by atoms with Gasteiger partial charge in [0.2, 0.25) is 0 Å². The molecule has 3 heterocycles. The SMILES string of the molecule is C=Cc1oc2ccc(-n3c4c(c5cccc(-c6ccccc6)c53)-c3ccccc3Sc3ccccc3-4)cc2c1/C=C\C. The molecule has 5 aromatic carbocycles. The monoisotopic (exact) mass is 557 g/mol. The number of hydrogen-bond donors (Lipinski definition) is 0. The molecule has 0 atom stereocenters. The van der Waals surface area contributed by atoms with Gasteiger partial charge in [-0.1, -0.05) is 115 Å². The van der Waals surface area contributed by atoms with Crippen molar-refractivity contribution >= 4 is 45.8 Å². The van der Waals surface area contributed by atoms with E-state index >= 15 is 0 Å². The molecule has 0 unspecified atom stereocenters. The maximum Gasteiger partial charge on any atom is 0.135 e.